The van der Waals surface area contributed by atoms with Crippen LogP contribution in [0.3, 0.4) is 0 Å². The van der Waals surface area contributed by atoms with E-state index in [9.17, 15) is 9.59 Å². The molecule has 0 aliphatic heterocycles. The molecule has 7 heteroatoms. The number of carbonyl (C=O) groups is 2. The lowest BCUT2D eigenvalue weighted by Gasteiger charge is -2.13. The zero-order valence-electron chi connectivity index (χ0n) is 17.8. The standard InChI is InChI=1S/C23H29N3O4/c1-17-18-10-7-8-12-20(18)26(21(17)25-15-13-24-16-25)14-9-5-4-6-11-19(22(27)29-2)23(28)30-3/h7-8,10,12-13,15-16,19H,4-6,9,11,14H2,1-3H3. The van der Waals surface area contributed by atoms with Gasteiger partial charge in [0.1, 0.15) is 12.1 Å². The molecule has 0 fully saturated rings. The number of benzene rings is 1. The van der Waals surface area contributed by atoms with Crippen LogP contribution in [0.1, 0.15) is 37.7 Å². The third-order valence-corrected chi connectivity index (χ3v) is 5.53. The zero-order chi connectivity index (χ0) is 21.5. The van der Waals surface area contributed by atoms with Crippen LogP contribution in [0, 0.1) is 12.8 Å². The van der Waals surface area contributed by atoms with Crippen molar-refractivity contribution < 1.29 is 19.1 Å². The summed E-state index contributed by atoms with van der Waals surface area (Å²) in [5, 5.41) is 1.25. The molecule has 0 aliphatic rings. The van der Waals surface area contributed by atoms with E-state index in [2.05, 4.69) is 45.3 Å². The number of hydrogen-bond acceptors (Lipinski definition) is 5. The molecular formula is C23H29N3O4. The van der Waals surface area contributed by atoms with E-state index in [0.717, 1.165) is 38.0 Å². The van der Waals surface area contributed by atoms with Crippen LogP contribution in [-0.4, -0.2) is 40.3 Å². The number of imidazole rings is 1. The third kappa shape index (κ3) is 4.56. The van der Waals surface area contributed by atoms with E-state index in [4.69, 9.17) is 9.47 Å². The van der Waals surface area contributed by atoms with Crippen LogP contribution in [-0.2, 0) is 25.6 Å². The van der Waals surface area contributed by atoms with Crippen molar-refractivity contribution >= 4 is 22.8 Å². The van der Waals surface area contributed by atoms with Gasteiger partial charge in [0.25, 0.3) is 0 Å². The molecule has 30 heavy (non-hydrogen) atoms. The lowest BCUT2D eigenvalue weighted by molar-refractivity contribution is -0.159. The Labute approximate surface area is 176 Å². The highest BCUT2D eigenvalue weighted by molar-refractivity contribution is 5.94. The van der Waals surface area contributed by atoms with Crippen LogP contribution in [0.2, 0.25) is 0 Å². The van der Waals surface area contributed by atoms with E-state index in [0.29, 0.717) is 6.42 Å². The third-order valence-electron chi connectivity index (χ3n) is 5.53. The Morgan fingerprint density at radius 3 is 2.40 bits per heavy atom. The van der Waals surface area contributed by atoms with Crippen LogP contribution in [0.25, 0.3) is 16.7 Å². The number of methoxy groups -OCH3 is 2. The molecule has 0 N–H and O–H groups in total. The number of hydrogen-bond donors (Lipinski definition) is 0. The van der Waals surface area contributed by atoms with Crippen molar-refractivity contribution in [2.45, 2.75) is 45.6 Å². The van der Waals surface area contributed by atoms with Gasteiger partial charge in [-0.2, -0.15) is 0 Å². The molecule has 160 valence electrons. The van der Waals surface area contributed by atoms with Gasteiger partial charge in [0.05, 0.1) is 14.2 Å². The maximum atomic E-state index is 11.8. The monoisotopic (exact) mass is 411 g/mol. The van der Waals surface area contributed by atoms with E-state index < -0.39 is 17.9 Å². The van der Waals surface area contributed by atoms with Crippen LogP contribution in [0.4, 0.5) is 0 Å². The summed E-state index contributed by atoms with van der Waals surface area (Å²) in [4.78, 5) is 27.7. The summed E-state index contributed by atoms with van der Waals surface area (Å²) in [6.45, 7) is 3.03. The van der Waals surface area contributed by atoms with Gasteiger partial charge in [-0.3, -0.25) is 14.2 Å². The Balaban J connectivity index is 1.61. The summed E-state index contributed by atoms with van der Waals surface area (Å²) in [6.07, 6.45) is 9.75. The predicted molar refractivity (Wildman–Crippen MR) is 114 cm³/mol. The molecule has 0 amide bonds. The van der Waals surface area contributed by atoms with Crippen molar-refractivity contribution in [1.29, 1.82) is 0 Å². The van der Waals surface area contributed by atoms with E-state index in [1.54, 1.807) is 6.20 Å². The summed E-state index contributed by atoms with van der Waals surface area (Å²) >= 11 is 0. The van der Waals surface area contributed by atoms with Gasteiger partial charge < -0.3 is 14.0 Å². The maximum Gasteiger partial charge on any atom is 0.320 e. The predicted octanol–water partition coefficient (Wildman–Crippen LogP) is 4.05. The minimum atomic E-state index is -0.830. The van der Waals surface area contributed by atoms with Crippen LogP contribution >= 0.6 is 0 Å². The fourth-order valence-corrected chi connectivity index (χ4v) is 4.00. The molecule has 0 aliphatic carbocycles. The van der Waals surface area contributed by atoms with Crippen molar-refractivity contribution in [3.05, 3.63) is 48.5 Å². The summed E-state index contributed by atoms with van der Waals surface area (Å²) < 4.78 is 13.8. The van der Waals surface area contributed by atoms with E-state index in [1.165, 1.54) is 30.7 Å². The molecule has 0 spiro atoms. The SMILES string of the molecule is COC(=O)C(CCCCCCn1c(-n2ccnc2)c(C)c2ccccc21)C(=O)OC. The first-order valence-electron chi connectivity index (χ1n) is 10.3. The summed E-state index contributed by atoms with van der Waals surface area (Å²) in [5.74, 6) is -0.740. The van der Waals surface area contributed by atoms with E-state index in [1.807, 2.05) is 12.5 Å². The number of nitrogens with zero attached hydrogens (tertiary/aromatic N) is 3. The molecule has 2 heterocycles. The van der Waals surface area contributed by atoms with Gasteiger partial charge >= 0.3 is 11.9 Å². The Hall–Kier alpha value is -3.09. The van der Waals surface area contributed by atoms with Gasteiger partial charge in [-0.25, -0.2) is 4.98 Å². The smallest absolute Gasteiger partial charge is 0.320 e. The minimum Gasteiger partial charge on any atom is -0.468 e. The second-order valence-electron chi connectivity index (χ2n) is 7.39. The number of ether oxygens (including phenoxy) is 2. The molecule has 0 radical (unpaired) electrons. The first kappa shape index (κ1) is 21.6. The number of carbonyl (C=O) groups excluding carboxylic acids is 2. The lowest BCUT2D eigenvalue weighted by atomic mass is 10.0. The van der Waals surface area contributed by atoms with Crippen LogP contribution < -0.4 is 0 Å². The fraction of sp³-hybridized carbons (Fsp3) is 0.435. The van der Waals surface area contributed by atoms with Crippen molar-refractivity contribution in [2.24, 2.45) is 5.92 Å². The molecule has 7 nitrogen and oxygen atoms in total. The summed E-state index contributed by atoms with van der Waals surface area (Å²) in [6, 6.07) is 8.44. The van der Waals surface area contributed by atoms with Gasteiger partial charge in [0.2, 0.25) is 0 Å². The van der Waals surface area contributed by atoms with Gasteiger partial charge in [-0.1, -0.05) is 37.5 Å². The van der Waals surface area contributed by atoms with Gasteiger partial charge in [0.15, 0.2) is 5.92 Å². The molecular weight excluding hydrogens is 382 g/mol. The van der Waals surface area contributed by atoms with Crippen LogP contribution in [0.15, 0.2) is 43.0 Å². The van der Waals surface area contributed by atoms with Gasteiger partial charge in [-0.15, -0.1) is 0 Å². The molecule has 0 bridgehead atoms. The number of esters is 2. The molecule has 0 unspecified atom stereocenters. The molecule has 0 saturated carbocycles. The van der Waals surface area contributed by atoms with Crippen molar-refractivity contribution in [3.63, 3.8) is 0 Å². The van der Waals surface area contributed by atoms with Crippen molar-refractivity contribution in [1.82, 2.24) is 14.1 Å². The second-order valence-corrected chi connectivity index (χ2v) is 7.39. The van der Waals surface area contributed by atoms with Gasteiger partial charge in [-0.05, 0) is 31.4 Å². The highest BCUT2D eigenvalue weighted by Gasteiger charge is 2.27. The highest BCUT2D eigenvalue weighted by Crippen LogP contribution is 2.29. The Kier molecular flexibility index (Phi) is 7.27. The molecule has 3 aromatic rings. The number of aromatic nitrogens is 3. The first-order valence-corrected chi connectivity index (χ1v) is 10.3. The maximum absolute atomic E-state index is 11.8. The van der Waals surface area contributed by atoms with Crippen LogP contribution in [0.5, 0.6) is 0 Å². The normalized spacial score (nSPS) is 11.2. The van der Waals surface area contributed by atoms with E-state index >= 15 is 0 Å². The molecule has 0 atom stereocenters. The number of fused-ring (bicyclic) bond motifs is 1. The van der Waals surface area contributed by atoms with Crippen molar-refractivity contribution in [2.75, 3.05) is 14.2 Å². The lowest BCUT2D eigenvalue weighted by Crippen LogP contribution is -2.26. The molecule has 3 rings (SSSR count). The largest absolute Gasteiger partial charge is 0.468 e. The summed E-state index contributed by atoms with van der Waals surface area (Å²) in [5.41, 5.74) is 2.46. The summed E-state index contributed by atoms with van der Waals surface area (Å²) in [7, 11) is 2.58. The molecule has 2 aromatic heterocycles. The Morgan fingerprint density at radius 1 is 1.03 bits per heavy atom. The number of rotatable bonds is 10. The number of para-hydroxylation sites is 1. The van der Waals surface area contributed by atoms with Gasteiger partial charge in [0, 0.05) is 29.8 Å². The quantitative estimate of drug-likeness (QED) is 0.286. The minimum absolute atomic E-state index is 0.450. The topological polar surface area (TPSA) is 75.4 Å². The zero-order valence-corrected chi connectivity index (χ0v) is 17.8. The fourth-order valence-electron chi connectivity index (χ4n) is 4.00. The number of aryl methyl sites for hydroxylation is 2. The average molecular weight is 412 g/mol. The number of unbranched alkanes of at least 4 members (excludes halogenated alkanes) is 3. The Morgan fingerprint density at radius 2 is 1.73 bits per heavy atom. The second kappa shape index (κ2) is 10.1. The Bertz CT molecular complexity index is 975. The average Bonchev–Trinajstić information content (AvgIpc) is 3.39. The molecule has 1 aromatic carbocycles. The first-order chi connectivity index (χ1) is 14.6. The van der Waals surface area contributed by atoms with Crippen molar-refractivity contribution in [3.8, 4) is 5.82 Å². The highest BCUT2D eigenvalue weighted by atomic mass is 16.5. The van der Waals surface area contributed by atoms with E-state index in [-0.39, 0.29) is 0 Å². The molecule has 0 saturated heterocycles.